The SMILES string of the molecule is O=C(O)Cc1cccc(C(=O)O)c1Cl.[K+].[OH-]. The number of carboxylic acids is 2. The normalized spacial score (nSPS) is 8.56. The number of aromatic carboxylic acids is 1. The van der Waals surface area contributed by atoms with Gasteiger partial charge in [-0.15, -0.1) is 0 Å². The minimum atomic E-state index is -1.16. The zero-order valence-corrected chi connectivity index (χ0v) is 12.4. The smallest absolute Gasteiger partial charge is 0.870 e. The van der Waals surface area contributed by atoms with Crippen LogP contribution in [0, 0.1) is 0 Å². The fraction of sp³-hybridized carbons (Fsp3) is 0.111. The Balaban J connectivity index is 0. The summed E-state index contributed by atoms with van der Waals surface area (Å²) >= 11 is 5.70. The molecular formula is C9H8ClKO5. The van der Waals surface area contributed by atoms with Gasteiger partial charge in [0.25, 0.3) is 0 Å². The predicted molar refractivity (Wildman–Crippen MR) is 51.7 cm³/mol. The number of carbonyl (C=O) groups is 2. The molecule has 0 aliphatic carbocycles. The summed E-state index contributed by atoms with van der Waals surface area (Å²) in [7, 11) is 0. The first-order valence-electron chi connectivity index (χ1n) is 3.75. The summed E-state index contributed by atoms with van der Waals surface area (Å²) in [6.45, 7) is 0. The summed E-state index contributed by atoms with van der Waals surface area (Å²) in [6, 6.07) is 4.28. The van der Waals surface area contributed by atoms with Crippen molar-refractivity contribution >= 4 is 23.5 Å². The van der Waals surface area contributed by atoms with Gasteiger partial charge in [-0.1, -0.05) is 23.7 Å². The molecule has 1 rings (SSSR count). The van der Waals surface area contributed by atoms with E-state index in [0.717, 1.165) is 0 Å². The van der Waals surface area contributed by atoms with Gasteiger partial charge in [-0.25, -0.2) is 4.79 Å². The van der Waals surface area contributed by atoms with E-state index in [1.54, 1.807) is 0 Å². The van der Waals surface area contributed by atoms with Gasteiger partial charge < -0.3 is 15.7 Å². The molecule has 16 heavy (non-hydrogen) atoms. The van der Waals surface area contributed by atoms with Crippen LogP contribution in [-0.4, -0.2) is 27.6 Å². The standard InChI is InChI=1S/C9H7ClO4.K.H2O/c10-8-5(4-7(11)12)2-1-3-6(8)9(13)14;;/h1-3H,4H2,(H,11,12)(H,13,14);;1H2/q;+1;/p-1. The van der Waals surface area contributed by atoms with Crippen LogP contribution in [-0.2, 0) is 11.2 Å². The summed E-state index contributed by atoms with van der Waals surface area (Å²) in [5.74, 6) is -2.21. The van der Waals surface area contributed by atoms with E-state index in [-0.39, 0.29) is 73.9 Å². The quantitative estimate of drug-likeness (QED) is 0.650. The van der Waals surface area contributed by atoms with Gasteiger partial charge in [0, 0.05) is 0 Å². The Labute approximate surface area is 139 Å². The van der Waals surface area contributed by atoms with E-state index >= 15 is 0 Å². The van der Waals surface area contributed by atoms with Crippen molar-refractivity contribution in [3.63, 3.8) is 0 Å². The van der Waals surface area contributed by atoms with Crippen LogP contribution in [0.5, 0.6) is 0 Å². The number of hydrogen-bond acceptors (Lipinski definition) is 3. The van der Waals surface area contributed by atoms with Crippen molar-refractivity contribution < 1.29 is 76.7 Å². The third-order valence-corrected chi connectivity index (χ3v) is 2.10. The van der Waals surface area contributed by atoms with Gasteiger partial charge in [0.1, 0.15) is 0 Å². The largest absolute Gasteiger partial charge is 1.00 e. The van der Waals surface area contributed by atoms with E-state index < -0.39 is 11.9 Å². The Morgan fingerprint density at radius 2 is 1.81 bits per heavy atom. The second kappa shape index (κ2) is 8.18. The Morgan fingerprint density at radius 3 is 2.25 bits per heavy atom. The maximum atomic E-state index is 10.6. The van der Waals surface area contributed by atoms with Crippen LogP contribution >= 0.6 is 11.6 Å². The van der Waals surface area contributed by atoms with E-state index in [1.165, 1.54) is 18.2 Å². The van der Waals surface area contributed by atoms with Gasteiger partial charge in [-0.2, -0.15) is 0 Å². The van der Waals surface area contributed by atoms with Gasteiger partial charge in [0.05, 0.1) is 17.0 Å². The predicted octanol–water partition coefficient (Wildman–Crippen LogP) is -1.51. The molecule has 1 aromatic carbocycles. The molecule has 0 unspecified atom stereocenters. The van der Waals surface area contributed by atoms with E-state index in [0.29, 0.717) is 5.56 Å². The number of aliphatic carboxylic acids is 1. The summed E-state index contributed by atoms with van der Waals surface area (Å²) in [5, 5.41) is 17.2. The fourth-order valence-electron chi connectivity index (χ4n) is 1.04. The van der Waals surface area contributed by atoms with Crippen molar-refractivity contribution in [1.82, 2.24) is 0 Å². The summed E-state index contributed by atoms with van der Waals surface area (Å²) in [4.78, 5) is 21.0. The zero-order valence-electron chi connectivity index (χ0n) is 8.48. The third kappa shape index (κ3) is 4.92. The number of carboxylic acid groups (broad SMARTS) is 2. The van der Waals surface area contributed by atoms with Crippen molar-refractivity contribution in [2.45, 2.75) is 6.42 Å². The van der Waals surface area contributed by atoms with E-state index in [1.807, 2.05) is 0 Å². The van der Waals surface area contributed by atoms with Crippen LogP contribution in [0.1, 0.15) is 15.9 Å². The number of halogens is 1. The number of hydrogen-bond donors (Lipinski definition) is 2. The average molecular weight is 271 g/mol. The van der Waals surface area contributed by atoms with Gasteiger partial charge in [-0.3, -0.25) is 4.79 Å². The Morgan fingerprint density at radius 1 is 1.25 bits per heavy atom. The topological polar surface area (TPSA) is 105 Å². The molecule has 7 heteroatoms. The first-order valence-corrected chi connectivity index (χ1v) is 4.12. The number of benzene rings is 1. The second-order valence-electron chi connectivity index (χ2n) is 2.65. The van der Waals surface area contributed by atoms with Gasteiger partial charge in [0.15, 0.2) is 0 Å². The molecular weight excluding hydrogens is 263 g/mol. The molecule has 0 atom stereocenters. The molecule has 0 aliphatic rings. The Hall–Kier alpha value is 0.0464. The molecule has 0 saturated heterocycles. The van der Waals surface area contributed by atoms with Crippen molar-refractivity contribution in [1.29, 1.82) is 0 Å². The molecule has 3 N–H and O–H groups in total. The maximum absolute atomic E-state index is 10.6. The van der Waals surface area contributed by atoms with Crippen molar-refractivity contribution in [3.05, 3.63) is 34.3 Å². The summed E-state index contributed by atoms with van der Waals surface area (Å²) in [5.41, 5.74) is 0.226. The van der Waals surface area contributed by atoms with Crippen LogP contribution in [0.15, 0.2) is 18.2 Å². The molecule has 0 fully saturated rings. The summed E-state index contributed by atoms with van der Waals surface area (Å²) in [6.07, 6.45) is -0.278. The molecule has 0 saturated carbocycles. The maximum Gasteiger partial charge on any atom is 1.00 e. The molecule has 0 heterocycles. The zero-order chi connectivity index (χ0) is 10.7. The molecule has 1 aromatic rings. The monoisotopic (exact) mass is 270 g/mol. The second-order valence-corrected chi connectivity index (χ2v) is 3.03. The molecule has 5 nitrogen and oxygen atoms in total. The molecule has 0 spiro atoms. The van der Waals surface area contributed by atoms with Gasteiger partial charge in [0.2, 0.25) is 0 Å². The Bertz CT molecular complexity index is 393. The van der Waals surface area contributed by atoms with E-state index in [2.05, 4.69) is 0 Å². The van der Waals surface area contributed by atoms with Crippen LogP contribution in [0.2, 0.25) is 5.02 Å². The van der Waals surface area contributed by atoms with E-state index in [4.69, 9.17) is 21.8 Å². The Kier molecular flexibility index (Phi) is 9.42. The van der Waals surface area contributed by atoms with E-state index in [9.17, 15) is 9.59 Å². The molecule has 0 bridgehead atoms. The van der Waals surface area contributed by atoms with Crippen LogP contribution < -0.4 is 51.4 Å². The number of rotatable bonds is 3. The van der Waals surface area contributed by atoms with Crippen LogP contribution in [0.25, 0.3) is 0 Å². The van der Waals surface area contributed by atoms with Crippen LogP contribution in [0.3, 0.4) is 0 Å². The minimum absolute atomic E-state index is 0. The minimum Gasteiger partial charge on any atom is -0.870 e. The van der Waals surface area contributed by atoms with Crippen molar-refractivity contribution in [3.8, 4) is 0 Å². The fourth-order valence-corrected chi connectivity index (χ4v) is 1.32. The third-order valence-electron chi connectivity index (χ3n) is 1.65. The molecule has 0 aliphatic heterocycles. The van der Waals surface area contributed by atoms with Crippen molar-refractivity contribution in [2.24, 2.45) is 0 Å². The summed E-state index contributed by atoms with van der Waals surface area (Å²) < 4.78 is 0. The van der Waals surface area contributed by atoms with Crippen LogP contribution in [0.4, 0.5) is 0 Å². The molecule has 0 aromatic heterocycles. The molecule has 82 valence electrons. The molecule has 0 amide bonds. The van der Waals surface area contributed by atoms with Gasteiger partial charge >= 0.3 is 63.3 Å². The first-order chi connectivity index (χ1) is 6.52. The first kappa shape index (κ1) is 18.4. The average Bonchev–Trinajstić information content (AvgIpc) is 2.07. The van der Waals surface area contributed by atoms with Crippen molar-refractivity contribution in [2.75, 3.05) is 0 Å². The molecule has 0 radical (unpaired) electrons. The van der Waals surface area contributed by atoms with Gasteiger partial charge in [-0.05, 0) is 11.6 Å².